The van der Waals surface area contributed by atoms with Crippen LogP contribution in [0.2, 0.25) is 0 Å². The number of rotatable bonds is 8. The van der Waals surface area contributed by atoms with Crippen LogP contribution >= 0.6 is 0 Å². The zero-order valence-corrected chi connectivity index (χ0v) is 14.3. The minimum Gasteiger partial charge on any atom is -0.337 e. The highest BCUT2D eigenvalue weighted by atomic mass is 16.2. The molecule has 1 aromatic heterocycles. The molecule has 0 unspecified atom stereocenters. The molecule has 1 aliphatic heterocycles. The van der Waals surface area contributed by atoms with Crippen molar-refractivity contribution in [3.8, 4) is 0 Å². The number of imidazole rings is 1. The molecule has 124 valence electrons. The van der Waals surface area contributed by atoms with Crippen LogP contribution in [0.3, 0.4) is 0 Å². The van der Waals surface area contributed by atoms with E-state index in [9.17, 15) is 4.79 Å². The Bertz CT molecular complexity index is 465. The van der Waals surface area contributed by atoms with Gasteiger partial charge in [-0.15, -0.1) is 0 Å². The smallest absolute Gasteiger partial charge is 0.223 e. The van der Waals surface area contributed by atoms with Crippen molar-refractivity contribution >= 4 is 5.91 Å². The van der Waals surface area contributed by atoms with Gasteiger partial charge in [0.05, 0.1) is 6.54 Å². The lowest BCUT2D eigenvalue weighted by Crippen LogP contribution is -2.35. The van der Waals surface area contributed by atoms with E-state index in [-0.39, 0.29) is 5.91 Å². The van der Waals surface area contributed by atoms with Crippen LogP contribution in [-0.2, 0) is 18.4 Å². The van der Waals surface area contributed by atoms with Gasteiger partial charge in [-0.2, -0.15) is 0 Å². The van der Waals surface area contributed by atoms with Gasteiger partial charge in [0.25, 0.3) is 0 Å². The maximum Gasteiger partial charge on any atom is 0.223 e. The molecule has 1 saturated heterocycles. The van der Waals surface area contributed by atoms with Gasteiger partial charge in [0.1, 0.15) is 5.82 Å². The van der Waals surface area contributed by atoms with Gasteiger partial charge in [-0.3, -0.25) is 4.79 Å². The first kappa shape index (κ1) is 17.0. The molecule has 1 aliphatic rings. The number of carbonyl (C=O) groups is 1. The summed E-state index contributed by atoms with van der Waals surface area (Å²) in [6.45, 7) is 8.19. The van der Waals surface area contributed by atoms with Gasteiger partial charge >= 0.3 is 0 Å². The summed E-state index contributed by atoms with van der Waals surface area (Å²) in [5.74, 6) is 1.21. The predicted molar refractivity (Wildman–Crippen MR) is 88.4 cm³/mol. The molecule has 0 saturated carbocycles. The maximum atomic E-state index is 12.6. The Morgan fingerprint density at radius 3 is 2.73 bits per heavy atom. The van der Waals surface area contributed by atoms with Gasteiger partial charge in [0.2, 0.25) is 5.91 Å². The molecule has 0 radical (unpaired) electrons. The SMILES string of the molecule is CCCN(Cc1nccn1C)C(=O)CC[C@@H](C)N1CCCC1. The number of hydrogen-bond donors (Lipinski definition) is 0. The summed E-state index contributed by atoms with van der Waals surface area (Å²) in [6.07, 6.45) is 8.91. The third kappa shape index (κ3) is 4.57. The van der Waals surface area contributed by atoms with Crippen molar-refractivity contribution in [1.29, 1.82) is 0 Å². The summed E-state index contributed by atoms with van der Waals surface area (Å²) in [4.78, 5) is 21.4. The van der Waals surface area contributed by atoms with E-state index < -0.39 is 0 Å². The molecular formula is C17H30N4O. The normalized spacial score (nSPS) is 16.9. The molecule has 5 heteroatoms. The second-order valence-corrected chi connectivity index (χ2v) is 6.40. The van der Waals surface area contributed by atoms with Crippen LogP contribution in [0.5, 0.6) is 0 Å². The minimum absolute atomic E-state index is 0.260. The van der Waals surface area contributed by atoms with Crippen molar-refractivity contribution in [2.75, 3.05) is 19.6 Å². The summed E-state index contributed by atoms with van der Waals surface area (Å²) in [5, 5.41) is 0. The second-order valence-electron chi connectivity index (χ2n) is 6.40. The second kappa shape index (κ2) is 8.32. The Labute approximate surface area is 134 Å². The molecule has 2 heterocycles. The van der Waals surface area contributed by atoms with Crippen molar-refractivity contribution < 1.29 is 4.79 Å². The number of aryl methyl sites for hydroxylation is 1. The molecule has 1 fully saturated rings. The molecular weight excluding hydrogens is 276 g/mol. The number of carbonyl (C=O) groups excluding carboxylic acids is 1. The van der Waals surface area contributed by atoms with E-state index >= 15 is 0 Å². The molecule has 22 heavy (non-hydrogen) atoms. The van der Waals surface area contributed by atoms with Crippen LogP contribution in [0, 0.1) is 0 Å². The number of amides is 1. The lowest BCUT2D eigenvalue weighted by atomic mass is 10.1. The molecule has 0 bridgehead atoms. The fourth-order valence-electron chi connectivity index (χ4n) is 3.14. The number of hydrogen-bond acceptors (Lipinski definition) is 3. The van der Waals surface area contributed by atoms with Crippen molar-refractivity contribution in [3.05, 3.63) is 18.2 Å². The van der Waals surface area contributed by atoms with Crippen molar-refractivity contribution in [2.45, 2.75) is 58.5 Å². The van der Waals surface area contributed by atoms with Crippen LogP contribution in [0.1, 0.15) is 51.8 Å². The van der Waals surface area contributed by atoms with Gasteiger partial charge in [0, 0.05) is 38.4 Å². The Balaban J connectivity index is 1.84. The van der Waals surface area contributed by atoms with Crippen LogP contribution < -0.4 is 0 Å². The third-order valence-corrected chi connectivity index (χ3v) is 4.64. The molecule has 0 aromatic carbocycles. The standard InChI is InChI=1S/C17H30N4O/c1-4-10-21(14-16-18-9-13-19(16)3)17(22)8-7-15(2)20-11-5-6-12-20/h9,13,15H,4-8,10-12,14H2,1-3H3/t15-/m1/s1. The summed E-state index contributed by atoms with van der Waals surface area (Å²) < 4.78 is 1.99. The topological polar surface area (TPSA) is 41.4 Å². The van der Waals surface area contributed by atoms with Gasteiger partial charge in [-0.05, 0) is 45.7 Å². The number of aromatic nitrogens is 2. The zero-order valence-electron chi connectivity index (χ0n) is 14.3. The minimum atomic E-state index is 0.260. The lowest BCUT2D eigenvalue weighted by molar-refractivity contribution is -0.132. The number of nitrogens with zero attached hydrogens (tertiary/aromatic N) is 4. The molecule has 1 amide bonds. The van der Waals surface area contributed by atoms with E-state index in [4.69, 9.17) is 0 Å². The van der Waals surface area contributed by atoms with E-state index in [1.807, 2.05) is 22.7 Å². The van der Waals surface area contributed by atoms with Gasteiger partial charge < -0.3 is 14.4 Å². The predicted octanol–water partition coefficient (Wildman–Crippen LogP) is 2.42. The van der Waals surface area contributed by atoms with E-state index in [2.05, 4.69) is 23.7 Å². The fraction of sp³-hybridized carbons (Fsp3) is 0.765. The first-order valence-corrected chi connectivity index (χ1v) is 8.59. The highest BCUT2D eigenvalue weighted by Gasteiger charge is 2.21. The molecule has 5 nitrogen and oxygen atoms in total. The van der Waals surface area contributed by atoms with E-state index in [0.717, 1.165) is 25.2 Å². The van der Waals surface area contributed by atoms with Gasteiger partial charge in [-0.1, -0.05) is 6.92 Å². The lowest BCUT2D eigenvalue weighted by Gasteiger charge is -2.26. The molecule has 2 rings (SSSR count). The van der Waals surface area contributed by atoms with Crippen LogP contribution in [-0.4, -0.2) is 50.9 Å². The molecule has 1 atom stereocenters. The van der Waals surface area contributed by atoms with Crippen LogP contribution in [0.4, 0.5) is 0 Å². The molecule has 1 aromatic rings. The van der Waals surface area contributed by atoms with Crippen LogP contribution in [0.15, 0.2) is 12.4 Å². The average Bonchev–Trinajstić information content (AvgIpc) is 3.16. The Morgan fingerprint density at radius 2 is 2.14 bits per heavy atom. The van der Waals surface area contributed by atoms with E-state index in [1.54, 1.807) is 6.20 Å². The summed E-state index contributed by atoms with van der Waals surface area (Å²) in [5.41, 5.74) is 0. The Morgan fingerprint density at radius 1 is 1.41 bits per heavy atom. The van der Waals surface area contributed by atoms with Crippen molar-refractivity contribution in [1.82, 2.24) is 19.4 Å². The summed E-state index contributed by atoms with van der Waals surface area (Å²) in [6, 6.07) is 0.517. The zero-order chi connectivity index (χ0) is 15.9. The number of likely N-dealkylation sites (tertiary alicyclic amines) is 1. The highest BCUT2D eigenvalue weighted by Crippen LogP contribution is 2.16. The van der Waals surface area contributed by atoms with Gasteiger partial charge in [-0.25, -0.2) is 4.98 Å². The first-order valence-electron chi connectivity index (χ1n) is 8.59. The van der Waals surface area contributed by atoms with Crippen molar-refractivity contribution in [2.24, 2.45) is 7.05 Å². The van der Waals surface area contributed by atoms with Crippen molar-refractivity contribution in [3.63, 3.8) is 0 Å². The average molecular weight is 306 g/mol. The largest absolute Gasteiger partial charge is 0.337 e. The molecule has 0 aliphatic carbocycles. The quantitative estimate of drug-likeness (QED) is 0.740. The summed E-state index contributed by atoms with van der Waals surface area (Å²) in [7, 11) is 1.98. The Kier molecular flexibility index (Phi) is 6.43. The maximum absolute atomic E-state index is 12.6. The van der Waals surface area contributed by atoms with Crippen LogP contribution in [0.25, 0.3) is 0 Å². The van der Waals surface area contributed by atoms with E-state index in [1.165, 1.54) is 25.9 Å². The fourth-order valence-corrected chi connectivity index (χ4v) is 3.14. The first-order chi connectivity index (χ1) is 10.6. The molecule has 0 N–H and O–H groups in total. The highest BCUT2D eigenvalue weighted by molar-refractivity contribution is 5.76. The van der Waals surface area contributed by atoms with Gasteiger partial charge in [0.15, 0.2) is 0 Å². The molecule has 0 spiro atoms. The monoisotopic (exact) mass is 306 g/mol. The summed E-state index contributed by atoms with van der Waals surface area (Å²) >= 11 is 0. The third-order valence-electron chi connectivity index (χ3n) is 4.64. The van der Waals surface area contributed by atoms with E-state index in [0.29, 0.717) is 19.0 Å². The Hall–Kier alpha value is -1.36.